The van der Waals surface area contributed by atoms with Gasteiger partial charge in [-0.3, -0.25) is 9.59 Å². The Hall–Kier alpha value is -3.56. The predicted molar refractivity (Wildman–Crippen MR) is 101 cm³/mol. The Balaban J connectivity index is 1.41. The Morgan fingerprint density at radius 3 is 2.77 bits per heavy atom. The number of furan rings is 1. The molecule has 10 heteroatoms. The van der Waals surface area contributed by atoms with E-state index < -0.39 is 36.7 Å². The SMILES string of the molecule is O=C(NCc1ccccc1)c1cn(C[C@@H]2CC(F)(F)CN2C(=O)c2ccoc2)nn1. The van der Waals surface area contributed by atoms with Crippen LogP contribution in [0.4, 0.5) is 8.78 Å². The summed E-state index contributed by atoms with van der Waals surface area (Å²) < 4.78 is 34.2. The number of alkyl halides is 2. The van der Waals surface area contributed by atoms with E-state index in [-0.39, 0.29) is 17.8 Å². The maximum Gasteiger partial charge on any atom is 0.273 e. The second kappa shape index (κ2) is 8.05. The van der Waals surface area contributed by atoms with Crippen molar-refractivity contribution >= 4 is 11.8 Å². The van der Waals surface area contributed by atoms with Gasteiger partial charge in [0.05, 0.1) is 37.2 Å². The zero-order valence-corrected chi connectivity index (χ0v) is 15.9. The summed E-state index contributed by atoms with van der Waals surface area (Å²) in [5, 5.41) is 10.4. The number of amides is 2. The molecule has 1 aliphatic heterocycles. The lowest BCUT2D eigenvalue weighted by Crippen LogP contribution is -2.38. The van der Waals surface area contributed by atoms with E-state index in [2.05, 4.69) is 15.6 Å². The molecule has 4 rings (SSSR count). The van der Waals surface area contributed by atoms with Crippen molar-refractivity contribution in [3.05, 3.63) is 71.9 Å². The zero-order valence-electron chi connectivity index (χ0n) is 15.9. The van der Waals surface area contributed by atoms with Gasteiger partial charge in [-0.25, -0.2) is 13.5 Å². The highest BCUT2D eigenvalue weighted by molar-refractivity contribution is 5.94. The van der Waals surface area contributed by atoms with Gasteiger partial charge in [-0.1, -0.05) is 35.5 Å². The van der Waals surface area contributed by atoms with Crippen LogP contribution in [-0.4, -0.2) is 50.2 Å². The average Bonchev–Trinajstić information content (AvgIpc) is 3.47. The third-order valence-corrected chi connectivity index (χ3v) is 4.87. The molecule has 1 aliphatic rings. The quantitative estimate of drug-likeness (QED) is 0.667. The van der Waals surface area contributed by atoms with Crippen LogP contribution in [-0.2, 0) is 13.1 Å². The number of hydrogen-bond donors (Lipinski definition) is 1. The van der Waals surface area contributed by atoms with Gasteiger partial charge < -0.3 is 14.6 Å². The fourth-order valence-corrected chi connectivity index (χ4v) is 3.43. The van der Waals surface area contributed by atoms with E-state index in [0.717, 1.165) is 10.5 Å². The Morgan fingerprint density at radius 2 is 2.03 bits per heavy atom. The van der Waals surface area contributed by atoms with Crippen LogP contribution < -0.4 is 5.32 Å². The highest BCUT2D eigenvalue weighted by Gasteiger charge is 2.47. The van der Waals surface area contributed by atoms with Crippen LogP contribution in [0.5, 0.6) is 0 Å². The van der Waals surface area contributed by atoms with Gasteiger partial charge in [0.1, 0.15) is 6.26 Å². The summed E-state index contributed by atoms with van der Waals surface area (Å²) >= 11 is 0. The molecule has 8 nitrogen and oxygen atoms in total. The van der Waals surface area contributed by atoms with E-state index in [0.29, 0.717) is 6.54 Å². The van der Waals surface area contributed by atoms with Crippen LogP contribution in [0.25, 0.3) is 0 Å². The van der Waals surface area contributed by atoms with E-state index in [1.165, 1.54) is 29.5 Å². The molecule has 1 saturated heterocycles. The molecule has 0 saturated carbocycles. The third-order valence-electron chi connectivity index (χ3n) is 4.87. The molecule has 0 bridgehead atoms. The summed E-state index contributed by atoms with van der Waals surface area (Å²) in [5.74, 6) is -3.96. The Labute approximate surface area is 170 Å². The molecule has 1 aromatic carbocycles. The lowest BCUT2D eigenvalue weighted by atomic mass is 10.2. The number of carbonyl (C=O) groups is 2. The molecule has 30 heavy (non-hydrogen) atoms. The van der Waals surface area contributed by atoms with Crippen LogP contribution >= 0.6 is 0 Å². The summed E-state index contributed by atoms with van der Waals surface area (Å²) in [7, 11) is 0. The van der Waals surface area contributed by atoms with Gasteiger partial charge in [0.15, 0.2) is 5.69 Å². The molecule has 2 amide bonds. The molecule has 1 fully saturated rings. The zero-order chi connectivity index (χ0) is 21.1. The van der Waals surface area contributed by atoms with Crippen molar-refractivity contribution < 1.29 is 22.8 Å². The number of rotatable bonds is 6. The normalized spacial score (nSPS) is 17.8. The minimum Gasteiger partial charge on any atom is -0.472 e. The highest BCUT2D eigenvalue weighted by Crippen LogP contribution is 2.33. The first-order chi connectivity index (χ1) is 14.4. The molecule has 0 unspecified atom stereocenters. The Morgan fingerprint density at radius 1 is 1.23 bits per heavy atom. The molecule has 156 valence electrons. The van der Waals surface area contributed by atoms with Crippen molar-refractivity contribution in [1.82, 2.24) is 25.2 Å². The molecular formula is C20H19F2N5O3. The third kappa shape index (κ3) is 4.37. The Kier molecular flexibility index (Phi) is 5.30. The fraction of sp³-hybridized carbons (Fsp3) is 0.300. The standard InChI is InChI=1S/C20H19F2N5O3/c21-20(22)8-16(27(13-20)19(29)15-6-7-30-12-15)10-26-11-17(24-25-26)18(28)23-9-14-4-2-1-3-5-14/h1-7,11-12,16H,8-10,13H2,(H,23,28)/t16-/m0/s1. The number of nitrogens with zero attached hydrogens (tertiary/aromatic N) is 4. The number of benzene rings is 1. The Bertz CT molecular complexity index is 1020. The van der Waals surface area contributed by atoms with Gasteiger partial charge in [0, 0.05) is 13.0 Å². The molecule has 0 radical (unpaired) electrons. The smallest absolute Gasteiger partial charge is 0.273 e. The van der Waals surface area contributed by atoms with Crippen LogP contribution in [0.2, 0.25) is 0 Å². The fourth-order valence-electron chi connectivity index (χ4n) is 3.43. The van der Waals surface area contributed by atoms with Gasteiger partial charge >= 0.3 is 0 Å². The second-order valence-electron chi connectivity index (χ2n) is 7.15. The van der Waals surface area contributed by atoms with E-state index >= 15 is 0 Å². The second-order valence-corrected chi connectivity index (χ2v) is 7.15. The molecule has 3 aromatic rings. The first-order valence-electron chi connectivity index (χ1n) is 9.34. The lowest BCUT2D eigenvalue weighted by molar-refractivity contribution is 0.0117. The number of aromatic nitrogens is 3. The number of halogens is 2. The van der Waals surface area contributed by atoms with E-state index in [1.807, 2.05) is 30.3 Å². The summed E-state index contributed by atoms with van der Waals surface area (Å²) in [6, 6.07) is 10.0. The van der Waals surface area contributed by atoms with Crippen molar-refractivity contribution in [2.75, 3.05) is 6.54 Å². The average molecular weight is 415 g/mol. The number of carbonyl (C=O) groups excluding carboxylic acids is 2. The molecule has 0 spiro atoms. The van der Waals surface area contributed by atoms with Gasteiger partial charge in [-0.15, -0.1) is 5.10 Å². The topological polar surface area (TPSA) is 93.3 Å². The summed E-state index contributed by atoms with van der Waals surface area (Å²) in [6.45, 7) is -0.354. The van der Waals surface area contributed by atoms with E-state index in [1.54, 1.807) is 0 Å². The molecular weight excluding hydrogens is 396 g/mol. The van der Waals surface area contributed by atoms with Crippen LogP contribution in [0.15, 0.2) is 59.5 Å². The van der Waals surface area contributed by atoms with Gasteiger partial charge in [0.25, 0.3) is 17.7 Å². The first kappa shape index (κ1) is 19.7. The van der Waals surface area contributed by atoms with Crippen LogP contribution in [0.3, 0.4) is 0 Å². The largest absolute Gasteiger partial charge is 0.472 e. The van der Waals surface area contributed by atoms with Gasteiger partial charge in [-0.05, 0) is 11.6 Å². The van der Waals surface area contributed by atoms with E-state index in [9.17, 15) is 18.4 Å². The van der Waals surface area contributed by atoms with Crippen molar-refractivity contribution in [3.63, 3.8) is 0 Å². The van der Waals surface area contributed by atoms with Gasteiger partial charge in [-0.2, -0.15) is 0 Å². The van der Waals surface area contributed by atoms with Crippen LogP contribution in [0.1, 0.15) is 32.8 Å². The molecule has 1 atom stereocenters. The van der Waals surface area contributed by atoms with Crippen LogP contribution in [0, 0.1) is 0 Å². The monoisotopic (exact) mass is 415 g/mol. The number of nitrogens with one attached hydrogen (secondary N) is 1. The van der Waals surface area contributed by atoms with Crippen molar-refractivity contribution in [3.8, 4) is 0 Å². The van der Waals surface area contributed by atoms with Gasteiger partial charge in [0.2, 0.25) is 0 Å². The number of hydrogen-bond acceptors (Lipinski definition) is 5. The summed E-state index contributed by atoms with van der Waals surface area (Å²) in [4.78, 5) is 25.9. The lowest BCUT2D eigenvalue weighted by Gasteiger charge is -2.23. The van der Waals surface area contributed by atoms with Crippen molar-refractivity contribution in [1.29, 1.82) is 0 Å². The highest BCUT2D eigenvalue weighted by atomic mass is 19.3. The first-order valence-corrected chi connectivity index (χ1v) is 9.34. The van der Waals surface area contributed by atoms with E-state index in [4.69, 9.17) is 4.42 Å². The summed E-state index contributed by atoms with van der Waals surface area (Å²) in [5.41, 5.74) is 1.21. The molecule has 2 aromatic heterocycles. The minimum absolute atomic E-state index is 0.00184. The number of likely N-dealkylation sites (tertiary alicyclic amines) is 1. The predicted octanol–water partition coefficient (Wildman–Crippen LogP) is 2.35. The van der Waals surface area contributed by atoms with Crippen molar-refractivity contribution in [2.24, 2.45) is 0 Å². The van der Waals surface area contributed by atoms with Crippen molar-refractivity contribution in [2.45, 2.75) is 31.5 Å². The maximum absolute atomic E-state index is 14.0. The maximum atomic E-state index is 14.0. The molecule has 0 aliphatic carbocycles. The minimum atomic E-state index is -3.00. The summed E-state index contributed by atoms with van der Waals surface area (Å²) in [6.07, 6.45) is 3.43. The molecule has 1 N–H and O–H groups in total. The molecule has 3 heterocycles.